The van der Waals surface area contributed by atoms with Crippen LogP contribution in [0, 0.1) is 12.3 Å². The van der Waals surface area contributed by atoms with Gasteiger partial charge in [0.1, 0.15) is 11.6 Å². The summed E-state index contributed by atoms with van der Waals surface area (Å²) in [6.07, 6.45) is 8.79. The van der Waals surface area contributed by atoms with Crippen LogP contribution in [0.5, 0.6) is 0 Å². The van der Waals surface area contributed by atoms with Crippen LogP contribution in [0.4, 0.5) is 5.82 Å². The Balaban J connectivity index is 1.85. The van der Waals surface area contributed by atoms with Crippen molar-refractivity contribution in [3.05, 3.63) is 17.6 Å². The van der Waals surface area contributed by atoms with Gasteiger partial charge in [-0.25, -0.2) is 9.97 Å². The molecule has 1 spiro atoms. The Morgan fingerprint density at radius 2 is 2.11 bits per heavy atom. The van der Waals surface area contributed by atoms with E-state index in [1.807, 2.05) is 13.1 Å². The van der Waals surface area contributed by atoms with Crippen LogP contribution in [0.1, 0.15) is 43.5 Å². The lowest BCUT2D eigenvalue weighted by molar-refractivity contribution is 0.340. The Kier molecular flexibility index (Phi) is 3.18. The molecule has 1 saturated heterocycles. The minimum atomic E-state index is 0.499. The van der Waals surface area contributed by atoms with Crippen molar-refractivity contribution in [1.29, 1.82) is 0 Å². The molecule has 0 bridgehead atoms. The lowest BCUT2D eigenvalue weighted by Crippen LogP contribution is -2.26. The van der Waals surface area contributed by atoms with Gasteiger partial charge in [-0.15, -0.1) is 11.6 Å². The van der Waals surface area contributed by atoms with E-state index in [4.69, 9.17) is 11.6 Å². The number of hydrogen-bond acceptors (Lipinski definition) is 3. The molecule has 0 N–H and O–H groups in total. The summed E-state index contributed by atoms with van der Waals surface area (Å²) in [5.74, 6) is 2.41. The van der Waals surface area contributed by atoms with Gasteiger partial charge < -0.3 is 4.90 Å². The van der Waals surface area contributed by atoms with Crippen molar-refractivity contribution in [3.63, 3.8) is 0 Å². The number of aryl methyl sites for hydroxylation is 1. The summed E-state index contributed by atoms with van der Waals surface area (Å²) in [4.78, 5) is 11.3. The quantitative estimate of drug-likeness (QED) is 0.769. The van der Waals surface area contributed by atoms with E-state index in [0.29, 0.717) is 11.3 Å². The maximum Gasteiger partial charge on any atom is 0.136 e. The molecule has 18 heavy (non-hydrogen) atoms. The summed E-state index contributed by atoms with van der Waals surface area (Å²) in [7, 11) is 0. The first-order chi connectivity index (χ1) is 8.72. The highest BCUT2D eigenvalue weighted by Gasteiger charge is 2.40. The first-order valence-corrected chi connectivity index (χ1v) is 7.39. The molecule has 2 heterocycles. The maximum atomic E-state index is 6.01. The molecule has 1 aliphatic heterocycles. The first-order valence-electron chi connectivity index (χ1n) is 6.86. The normalized spacial score (nSPS) is 22.0. The zero-order valence-corrected chi connectivity index (χ0v) is 11.7. The molecule has 0 radical (unpaired) electrons. The molecule has 1 aromatic heterocycles. The Labute approximate surface area is 114 Å². The van der Waals surface area contributed by atoms with Crippen LogP contribution in [0.2, 0.25) is 0 Å². The molecule has 98 valence electrons. The molecule has 1 saturated carbocycles. The zero-order chi connectivity index (χ0) is 12.6. The van der Waals surface area contributed by atoms with Gasteiger partial charge >= 0.3 is 0 Å². The van der Waals surface area contributed by atoms with Gasteiger partial charge in [-0.3, -0.25) is 0 Å². The van der Waals surface area contributed by atoms with E-state index in [1.54, 1.807) is 0 Å². The lowest BCUT2D eigenvalue weighted by Gasteiger charge is -2.25. The van der Waals surface area contributed by atoms with Gasteiger partial charge in [0.2, 0.25) is 0 Å². The third-order valence-corrected chi connectivity index (χ3v) is 4.80. The van der Waals surface area contributed by atoms with E-state index < -0.39 is 0 Å². The van der Waals surface area contributed by atoms with E-state index in [2.05, 4.69) is 14.9 Å². The highest BCUT2D eigenvalue weighted by Crippen LogP contribution is 2.46. The molecule has 0 amide bonds. The molecular formula is C14H20ClN3. The van der Waals surface area contributed by atoms with Crippen LogP contribution in [0.15, 0.2) is 6.20 Å². The molecule has 2 aliphatic rings. The smallest absolute Gasteiger partial charge is 0.136 e. The molecule has 0 unspecified atom stereocenters. The second-order valence-electron chi connectivity index (χ2n) is 5.78. The second kappa shape index (κ2) is 4.69. The van der Waals surface area contributed by atoms with Crippen LogP contribution in [0.25, 0.3) is 0 Å². The maximum absolute atomic E-state index is 6.01. The predicted octanol–water partition coefficient (Wildman–Crippen LogP) is 3.29. The molecule has 0 atom stereocenters. The fourth-order valence-electron chi connectivity index (χ4n) is 3.50. The van der Waals surface area contributed by atoms with Gasteiger partial charge in [-0.1, -0.05) is 12.8 Å². The second-order valence-corrected chi connectivity index (χ2v) is 6.05. The van der Waals surface area contributed by atoms with Crippen LogP contribution < -0.4 is 4.90 Å². The van der Waals surface area contributed by atoms with E-state index in [1.165, 1.54) is 32.1 Å². The number of aromatic nitrogens is 2. The number of anilines is 1. The minimum Gasteiger partial charge on any atom is -0.356 e. The molecular weight excluding hydrogens is 246 g/mol. The molecule has 4 heteroatoms. The highest BCUT2D eigenvalue weighted by molar-refractivity contribution is 6.17. The predicted molar refractivity (Wildman–Crippen MR) is 74.1 cm³/mol. The van der Waals surface area contributed by atoms with Gasteiger partial charge in [0, 0.05) is 24.8 Å². The summed E-state index contributed by atoms with van der Waals surface area (Å²) in [5.41, 5.74) is 1.64. The number of nitrogens with zero attached hydrogens (tertiary/aromatic N) is 3. The molecule has 1 aromatic rings. The Morgan fingerprint density at radius 3 is 2.83 bits per heavy atom. The summed E-state index contributed by atoms with van der Waals surface area (Å²) >= 11 is 6.01. The summed E-state index contributed by atoms with van der Waals surface area (Å²) in [6.45, 7) is 4.23. The van der Waals surface area contributed by atoms with Crippen LogP contribution in [-0.2, 0) is 5.88 Å². The van der Waals surface area contributed by atoms with Crippen molar-refractivity contribution in [1.82, 2.24) is 9.97 Å². The SMILES string of the molecule is Cc1ncc(CCl)c(N2CCC3(CCCC3)C2)n1. The van der Waals surface area contributed by atoms with Crippen molar-refractivity contribution >= 4 is 17.4 Å². The van der Waals surface area contributed by atoms with Crippen LogP contribution >= 0.6 is 11.6 Å². The number of alkyl halides is 1. The largest absolute Gasteiger partial charge is 0.356 e. The van der Waals surface area contributed by atoms with E-state index >= 15 is 0 Å². The van der Waals surface area contributed by atoms with E-state index in [9.17, 15) is 0 Å². The third kappa shape index (κ3) is 2.09. The summed E-state index contributed by atoms with van der Waals surface area (Å²) in [6, 6.07) is 0. The third-order valence-electron chi connectivity index (χ3n) is 4.51. The Bertz CT molecular complexity index is 441. The van der Waals surface area contributed by atoms with Crippen molar-refractivity contribution in [3.8, 4) is 0 Å². The van der Waals surface area contributed by atoms with Gasteiger partial charge in [0.05, 0.1) is 5.88 Å². The van der Waals surface area contributed by atoms with Gasteiger partial charge in [-0.05, 0) is 31.6 Å². The van der Waals surface area contributed by atoms with Gasteiger partial charge in [-0.2, -0.15) is 0 Å². The van der Waals surface area contributed by atoms with Crippen molar-refractivity contribution in [2.75, 3.05) is 18.0 Å². The first kappa shape index (κ1) is 12.2. The summed E-state index contributed by atoms with van der Waals surface area (Å²) < 4.78 is 0. The Morgan fingerprint density at radius 1 is 1.33 bits per heavy atom. The number of rotatable bonds is 2. The topological polar surface area (TPSA) is 29.0 Å². The van der Waals surface area contributed by atoms with E-state index in [-0.39, 0.29) is 0 Å². The number of hydrogen-bond donors (Lipinski definition) is 0. The highest BCUT2D eigenvalue weighted by atomic mass is 35.5. The average Bonchev–Trinajstić information content (AvgIpc) is 3.00. The fraction of sp³-hybridized carbons (Fsp3) is 0.714. The van der Waals surface area contributed by atoms with Crippen molar-refractivity contribution in [2.45, 2.75) is 44.9 Å². The molecule has 3 rings (SSSR count). The van der Waals surface area contributed by atoms with Crippen molar-refractivity contribution in [2.24, 2.45) is 5.41 Å². The molecule has 2 fully saturated rings. The van der Waals surface area contributed by atoms with Crippen molar-refractivity contribution < 1.29 is 0 Å². The lowest BCUT2D eigenvalue weighted by atomic mass is 9.86. The van der Waals surface area contributed by atoms with E-state index in [0.717, 1.165) is 30.3 Å². The zero-order valence-electron chi connectivity index (χ0n) is 11.0. The Hall–Kier alpha value is -0.830. The molecule has 0 aromatic carbocycles. The average molecular weight is 266 g/mol. The molecule has 1 aliphatic carbocycles. The number of halogens is 1. The standard InChI is InChI=1S/C14H20ClN3/c1-11-16-9-12(8-15)13(17-11)18-7-6-14(10-18)4-2-3-5-14/h9H,2-8,10H2,1H3. The monoisotopic (exact) mass is 265 g/mol. The minimum absolute atomic E-state index is 0.499. The van der Waals surface area contributed by atoms with Gasteiger partial charge in [0.15, 0.2) is 0 Å². The summed E-state index contributed by atoms with van der Waals surface area (Å²) in [5, 5.41) is 0. The molecule has 3 nitrogen and oxygen atoms in total. The van der Waals surface area contributed by atoms with Gasteiger partial charge in [0.25, 0.3) is 0 Å². The van der Waals surface area contributed by atoms with Crippen LogP contribution in [0.3, 0.4) is 0 Å². The van der Waals surface area contributed by atoms with Crippen LogP contribution in [-0.4, -0.2) is 23.1 Å². The fourth-order valence-corrected chi connectivity index (χ4v) is 3.69.